The van der Waals surface area contributed by atoms with E-state index in [2.05, 4.69) is 150 Å². The molecule has 0 bridgehead atoms. The lowest BCUT2D eigenvalue weighted by Gasteiger charge is -2.25. The zero-order valence-corrected chi connectivity index (χ0v) is 28.7. The van der Waals surface area contributed by atoms with E-state index in [0.717, 1.165) is 24.3 Å². The number of aryl methyl sites for hydroxylation is 2. The van der Waals surface area contributed by atoms with Crippen LogP contribution in [0.1, 0.15) is 69.2 Å². The maximum absolute atomic E-state index is 7.19. The van der Waals surface area contributed by atoms with Crippen LogP contribution >= 0.6 is 11.6 Å². The number of allylic oxidation sites excluding steroid dienone is 8. The van der Waals surface area contributed by atoms with Crippen LogP contribution in [0, 0.1) is 13.8 Å². The number of halogens is 1. The molecule has 0 spiro atoms. The molecule has 45 heavy (non-hydrogen) atoms. The van der Waals surface area contributed by atoms with E-state index < -0.39 is 0 Å². The molecule has 0 saturated heterocycles. The van der Waals surface area contributed by atoms with E-state index in [9.17, 15) is 0 Å². The maximum atomic E-state index is 7.19. The fourth-order valence-electron chi connectivity index (χ4n) is 8.31. The third kappa shape index (κ3) is 4.64. The molecule has 0 atom stereocenters. The number of fused-ring (bicyclic) bond motifs is 6. The molecule has 0 saturated carbocycles. The quantitative estimate of drug-likeness (QED) is 0.209. The second-order valence-electron chi connectivity index (χ2n) is 14.4. The van der Waals surface area contributed by atoms with Crippen LogP contribution < -0.4 is 4.90 Å². The molecule has 2 nitrogen and oxygen atoms in total. The molecule has 2 aliphatic heterocycles. The Balaban J connectivity index is 1.22. The van der Waals surface area contributed by atoms with Crippen molar-refractivity contribution in [3.8, 4) is 0 Å². The highest BCUT2D eigenvalue weighted by Gasteiger charge is 2.44. The predicted octanol–water partition coefficient (Wildman–Crippen LogP) is 11.1. The Morgan fingerprint density at radius 1 is 0.756 bits per heavy atom. The molecule has 3 aliphatic rings. The van der Waals surface area contributed by atoms with Gasteiger partial charge < -0.3 is 4.90 Å². The predicted molar refractivity (Wildman–Crippen MR) is 195 cm³/mol. The monoisotopic (exact) mass is 611 g/mol. The number of nitrogens with zero attached hydrogens (tertiary/aromatic N) is 2. The first-order valence-corrected chi connectivity index (χ1v) is 16.7. The van der Waals surface area contributed by atoms with Gasteiger partial charge in [0, 0.05) is 46.6 Å². The molecule has 0 N–H and O–H groups in total. The van der Waals surface area contributed by atoms with Gasteiger partial charge in [-0.1, -0.05) is 91.2 Å². The van der Waals surface area contributed by atoms with Gasteiger partial charge in [0.1, 0.15) is 7.05 Å². The highest BCUT2D eigenvalue weighted by Crippen LogP contribution is 2.50. The first kappa shape index (κ1) is 29.8. The Bertz CT molecular complexity index is 2080. The van der Waals surface area contributed by atoms with E-state index in [1.54, 1.807) is 0 Å². The Kier molecular flexibility index (Phi) is 7.02. The Morgan fingerprint density at radius 2 is 1.40 bits per heavy atom. The van der Waals surface area contributed by atoms with Crippen molar-refractivity contribution < 1.29 is 4.58 Å². The van der Waals surface area contributed by atoms with E-state index in [1.807, 2.05) is 0 Å². The van der Waals surface area contributed by atoms with Gasteiger partial charge in [-0.15, -0.1) is 0 Å². The van der Waals surface area contributed by atoms with Crippen molar-refractivity contribution in [2.24, 2.45) is 0 Å². The molecule has 0 amide bonds. The molecule has 3 heteroatoms. The van der Waals surface area contributed by atoms with Gasteiger partial charge in [-0.3, -0.25) is 0 Å². The van der Waals surface area contributed by atoms with E-state index in [0.29, 0.717) is 0 Å². The van der Waals surface area contributed by atoms with Crippen LogP contribution in [0.15, 0.2) is 107 Å². The lowest BCUT2D eigenvalue weighted by molar-refractivity contribution is -0.401. The standard InChI is InChI=1S/C42H44ClN2/c1-26-12-18-32-30(24-26)14-20-34-38(32)41(3,4)36(44(34)7)22-16-28-10-9-11-29(40(28)43)17-23-37-42(5,6)39-33-19-13-27(2)25-31(33)15-21-35(39)45(37)8/h12-25H,9-11H2,1-8H3/q+1. The van der Waals surface area contributed by atoms with Gasteiger partial charge in [-0.05, 0) is 103 Å². The third-order valence-corrected chi connectivity index (χ3v) is 11.1. The number of benzene rings is 4. The summed E-state index contributed by atoms with van der Waals surface area (Å²) in [7, 11) is 4.40. The second-order valence-corrected chi connectivity index (χ2v) is 14.8. The zero-order valence-electron chi connectivity index (χ0n) is 28.0. The first-order valence-electron chi connectivity index (χ1n) is 16.3. The summed E-state index contributed by atoms with van der Waals surface area (Å²) in [6, 6.07) is 22.7. The smallest absolute Gasteiger partial charge is 0.210 e. The van der Waals surface area contributed by atoms with Crippen LogP contribution in [0.2, 0.25) is 0 Å². The number of hydrogen-bond donors (Lipinski definition) is 0. The van der Waals surface area contributed by atoms with E-state index in [-0.39, 0.29) is 10.8 Å². The molecule has 2 heterocycles. The molecule has 0 radical (unpaired) electrons. The Morgan fingerprint density at radius 3 is 2.09 bits per heavy atom. The minimum Gasteiger partial charge on any atom is -0.347 e. The van der Waals surface area contributed by atoms with Crippen molar-refractivity contribution >= 4 is 50.2 Å². The minimum atomic E-state index is -0.114. The van der Waals surface area contributed by atoms with Crippen molar-refractivity contribution in [2.45, 2.75) is 71.6 Å². The van der Waals surface area contributed by atoms with E-state index in [1.165, 1.54) is 77.7 Å². The summed E-state index contributed by atoms with van der Waals surface area (Å²) < 4.78 is 2.37. The highest BCUT2D eigenvalue weighted by molar-refractivity contribution is 6.32. The average Bonchev–Trinajstić information content (AvgIpc) is 3.32. The van der Waals surface area contributed by atoms with Gasteiger partial charge in [-0.25, -0.2) is 0 Å². The number of anilines is 1. The fraction of sp³-hybridized carbons (Fsp3) is 0.310. The van der Waals surface area contributed by atoms with Crippen molar-refractivity contribution in [3.05, 3.63) is 129 Å². The molecule has 0 unspecified atom stereocenters. The molecule has 4 aromatic carbocycles. The minimum absolute atomic E-state index is 0.114. The normalized spacial score (nSPS) is 20.9. The number of hydrogen-bond acceptors (Lipinski definition) is 1. The summed E-state index contributed by atoms with van der Waals surface area (Å²) in [5, 5.41) is 6.21. The molecule has 0 fully saturated rings. The maximum Gasteiger partial charge on any atom is 0.210 e. The molecule has 4 aromatic rings. The molecular weight excluding hydrogens is 568 g/mol. The van der Waals surface area contributed by atoms with Crippen LogP contribution in [0.3, 0.4) is 0 Å². The zero-order chi connectivity index (χ0) is 31.8. The lowest BCUT2D eigenvalue weighted by atomic mass is 9.78. The lowest BCUT2D eigenvalue weighted by Crippen LogP contribution is -2.27. The number of likely N-dealkylation sites (N-methyl/N-ethyl adjacent to an activating group) is 1. The number of rotatable bonds is 3. The fourth-order valence-corrected chi connectivity index (χ4v) is 8.62. The van der Waals surface area contributed by atoms with Gasteiger partial charge in [0.05, 0.1) is 5.41 Å². The van der Waals surface area contributed by atoms with Gasteiger partial charge in [-0.2, -0.15) is 4.58 Å². The summed E-state index contributed by atoms with van der Waals surface area (Å²) in [6.07, 6.45) is 12.3. The van der Waals surface area contributed by atoms with Gasteiger partial charge in [0.2, 0.25) is 5.69 Å². The van der Waals surface area contributed by atoms with Crippen molar-refractivity contribution in [3.63, 3.8) is 0 Å². The highest BCUT2D eigenvalue weighted by atomic mass is 35.5. The van der Waals surface area contributed by atoms with Gasteiger partial charge in [0.15, 0.2) is 5.71 Å². The summed E-state index contributed by atoms with van der Waals surface area (Å²) in [5.41, 5.74) is 12.8. The summed E-state index contributed by atoms with van der Waals surface area (Å²) in [5.74, 6) is 0. The van der Waals surface area contributed by atoms with E-state index in [4.69, 9.17) is 11.6 Å². The van der Waals surface area contributed by atoms with Crippen molar-refractivity contribution in [2.75, 3.05) is 19.0 Å². The molecule has 0 aromatic heterocycles. The van der Waals surface area contributed by atoms with Gasteiger partial charge >= 0.3 is 0 Å². The largest absolute Gasteiger partial charge is 0.347 e. The van der Waals surface area contributed by atoms with Crippen molar-refractivity contribution in [1.82, 2.24) is 0 Å². The first-order chi connectivity index (χ1) is 21.4. The van der Waals surface area contributed by atoms with Crippen molar-refractivity contribution in [1.29, 1.82) is 0 Å². The Labute approximate surface area is 273 Å². The Hall–Kier alpha value is -3.88. The van der Waals surface area contributed by atoms with Crippen LogP contribution in [-0.2, 0) is 10.8 Å². The summed E-state index contributed by atoms with van der Waals surface area (Å²) >= 11 is 7.19. The molecule has 1 aliphatic carbocycles. The van der Waals surface area contributed by atoms with Crippen LogP contribution in [-0.4, -0.2) is 24.4 Å². The third-order valence-electron chi connectivity index (χ3n) is 10.6. The summed E-state index contributed by atoms with van der Waals surface area (Å²) in [4.78, 5) is 2.37. The SMILES string of the molecule is Cc1ccc2c3c(ccc2c1)N(C)C(=CC=C1CCCC(C=CC2=[N+](C)c4ccc5cc(C)ccc5c4C2(C)C)=C1Cl)C3(C)C. The molecule has 228 valence electrons. The topological polar surface area (TPSA) is 6.25 Å². The van der Waals surface area contributed by atoms with Gasteiger partial charge in [0.25, 0.3) is 0 Å². The molecular formula is C42H44ClN2+. The molecule has 7 rings (SSSR count). The summed E-state index contributed by atoms with van der Waals surface area (Å²) in [6.45, 7) is 13.7. The average molecular weight is 612 g/mol. The van der Waals surface area contributed by atoms with Crippen LogP contribution in [0.25, 0.3) is 21.5 Å². The van der Waals surface area contributed by atoms with E-state index >= 15 is 0 Å². The van der Waals surface area contributed by atoms with Crippen LogP contribution in [0.5, 0.6) is 0 Å². The van der Waals surface area contributed by atoms with Crippen LogP contribution in [0.4, 0.5) is 11.4 Å². The second kappa shape index (κ2) is 10.6.